The van der Waals surface area contributed by atoms with Gasteiger partial charge in [-0.3, -0.25) is 9.98 Å². The van der Waals surface area contributed by atoms with E-state index in [1.807, 2.05) is 13.8 Å². The van der Waals surface area contributed by atoms with Crippen molar-refractivity contribution in [1.82, 2.24) is 9.80 Å². The Labute approximate surface area is 141 Å². The Morgan fingerprint density at radius 2 is 1.17 bits per heavy atom. The second-order valence-corrected chi connectivity index (χ2v) is 6.73. The van der Waals surface area contributed by atoms with Crippen LogP contribution in [-0.2, 0) is 0 Å². The van der Waals surface area contributed by atoms with Gasteiger partial charge < -0.3 is 21.3 Å². The molecule has 132 valence electrons. The van der Waals surface area contributed by atoms with Gasteiger partial charge in [0.25, 0.3) is 0 Å². The van der Waals surface area contributed by atoms with E-state index in [1.165, 1.54) is 43.8 Å². The Hall–Kier alpha value is -1.14. The van der Waals surface area contributed by atoms with E-state index < -0.39 is 0 Å². The Kier molecular flexibility index (Phi) is 7.30. The third-order valence-corrected chi connectivity index (χ3v) is 4.72. The molecule has 23 heavy (non-hydrogen) atoms. The largest absolute Gasteiger partial charge is 0.343 e. The van der Waals surface area contributed by atoms with Gasteiger partial charge in [-0.2, -0.15) is 0 Å². The van der Waals surface area contributed by atoms with Crippen molar-refractivity contribution in [2.45, 2.75) is 71.1 Å². The fraction of sp³-hybridized carbons (Fsp3) is 0.882. The molecule has 2 rings (SSSR count). The van der Waals surface area contributed by atoms with Gasteiger partial charge in [-0.25, -0.2) is 0 Å². The van der Waals surface area contributed by atoms with Crippen LogP contribution in [0.15, 0.2) is 9.98 Å². The van der Waals surface area contributed by atoms with E-state index in [4.69, 9.17) is 11.5 Å². The summed E-state index contributed by atoms with van der Waals surface area (Å²) in [5.41, 5.74) is 11.9. The first kappa shape index (κ1) is 18.2. The molecule has 0 fully saturated rings. The number of rotatable bonds is 10. The number of hydrogen-bond donors (Lipinski definition) is 2. The van der Waals surface area contributed by atoms with Crippen LogP contribution in [0.3, 0.4) is 0 Å². The average Bonchev–Trinajstić information content (AvgIpc) is 3.14. The second-order valence-electron chi connectivity index (χ2n) is 6.73. The Morgan fingerprint density at radius 1 is 0.783 bits per heavy atom. The molecule has 6 nitrogen and oxygen atoms in total. The summed E-state index contributed by atoms with van der Waals surface area (Å²) in [6.07, 6.45) is 8.61. The van der Waals surface area contributed by atoms with Crippen molar-refractivity contribution in [1.29, 1.82) is 0 Å². The molecule has 0 radical (unpaired) electrons. The number of aliphatic imine (C=N–C) groups is 2. The third-order valence-electron chi connectivity index (χ3n) is 4.72. The van der Waals surface area contributed by atoms with E-state index in [-0.39, 0.29) is 12.3 Å². The van der Waals surface area contributed by atoms with E-state index >= 15 is 0 Å². The molecule has 0 amide bonds. The summed E-state index contributed by atoms with van der Waals surface area (Å²) in [5, 5.41) is 0. The zero-order valence-electron chi connectivity index (χ0n) is 14.9. The molecule has 0 aromatic rings. The molecule has 2 atom stereocenters. The van der Waals surface area contributed by atoms with Gasteiger partial charge >= 0.3 is 0 Å². The second kappa shape index (κ2) is 9.23. The minimum atomic E-state index is 0.0938. The molecule has 6 heteroatoms. The quantitative estimate of drug-likeness (QED) is 0.600. The Morgan fingerprint density at radius 3 is 1.57 bits per heavy atom. The maximum Gasteiger partial charge on any atom is 0.100 e. The SMILES string of the molecule is CC(N)N1CCN=C1CCCCCCCC1=NCCN1C(C)N. The van der Waals surface area contributed by atoms with Crippen LogP contribution in [0.2, 0.25) is 0 Å². The summed E-state index contributed by atoms with van der Waals surface area (Å²) in [6, 6.07) is 0. The predicted octanol–water partition coefficient (Wildman–Crippen LogP) is 1.75. The van der Waals surface area contributed by atoms with Crippen LogP contribution >= 0.6 is 0 Å². The lowest BCUT2D eigenvalue weighted by Crippen LogP contribution is -2.41. The van der Waals surface area contributed by atoms with Crippen molar-refractivity contribution < 1.29 is 0 Å². The van der Waals surface area contributed by atoms with E-state index in [0.717, 1.165) is 39.0 Å². The lowest BCUT2D eigenvalue weighted by atomic mass is 10.1. The molecular formula is C17H34N6. The highest BCUT2D eigenvalue weighted by molar-refractivity contribution is 5.84. The predicted molar refractivity (Wildman–Crippen MR) is 97.6 cm³/mol. The van der Waals surface area contributed by atoms with E-state index in [9.17, 15) is 0 Å². The maximum atomic E-state index is 5.97. The van der Waals surface area contributed by atoms with Crippen LogP contribution in [-0.4, -0.2) is 60.0 Å². The maximum absolute atomic E-state index is 5.97. The van der Waals surface area contributed by atoms with Crippen LogP contribution in [0.25, 0.3) is 0 Å². The van der Waals surface area contributed by atoms with Gasteiger partial charge in [0.05, 0.1) is 25.4 Å². The molecule has 0 bridgehead atoms. The zero-order valence-corrected chi connectivity index (χ0v) is 14.9. The van der Waals surface area contributed by atoms with Gasteiger partial charge in [-0.05, 0) is 26.7 Å². The van der Waals surface area contributed by atoms with Gasteiger partial charge in [0.15, 0.2) is 0 Å². The fourth-order valence-corrected chi connectivity index (χ4v) is 3.43. The van der Waals surface area contributed by atoms with Crippen LogP contribution in [0, 0.1) is 0 Å². The lowest BCUT2D eigenvalue weighted by molar-refractivity contribution is 0.358. The molecule has 4 N–H and O–H groups in total. The van der Waals surface area contributed by atoms with Crippen molar-refractivity contribution >= 4 is 11.7 Å². The summed E-state index contributed by atoms with van der Waals surface area (Å²) in [4.78, 5) is 13.6. The van der Waals surface area contributed by atoms with Crippen molar-refractivity contribution in [2.24, 2.45) is 21.5 Å². The zero-order chi connectivity index (χ0) is 16.7. The summed E-state index contributed by atoms with van der Waals surface area (Å²) in [6.45, 7) is 7.89. The van der Waals surface area contributed by atoms with E-state index in [2.05, 4.69) is 19.8 Å². The molecule has 0 aromatic carbocycles. The molecule has 0 saturated heterocycles. The number of unbranched alkanes of at least 4 members (excludes halogenated alkanes) is 4. The van der Waals surface area contributed by atoms with Gasteiger partial charge in [-0.1, -0.05) is 19.3 Å². The molecular weight excluding hydrogens is 288 g/mol. The molecule has 0 aromatic heterocycles. The van der Waals surface area contributed by atoms with Crippen LogP contribution in [0.5, 0.6) is 0 Å². The molecule has 0 saturated carbocycles. The molecule has 2 aliphatic heterocycles. The topological polar surface area (TPSA) is 83.2 Å². The summed E-state index contributed by atoms with van der Waals surface area (Å²) in [7, 11) is 0. The highest BCUT2D eigenvalue weighted by Gasteiger charge is 2.20. The standard InChI is InChI=1S/C17H34N6/c1-14(18)22-12-10-20-16(22)8-6-4-3-5-7-9-17-21-11-13-23(17)15(2)19/h14-15H,3-13,18-19H2,1-2H3. The fourth-order valence-electron chi connectivity index (χ4n) is 3.43. The number of nitrogens with two attached hydrogens (primary N) is 2. The molecule has 2 unspecified atom stereocenters. The Balaban J connectivity index is 1.52. The molecule has 2 heterocycles. The van der Waals surface area contributed by atoms with Gasteiger partial charge in [0.2, 0.25) is 0 Å². The van der Waals surface area contributed by atoms with Gasteiger partial charge in [0, 0.05) is 25.9 Å². The van der Waals surface area contributed by atoms with E-state index in [0.29, 0.717) is 0 Å². The first-order chi connectivity index (χ1) is 11.1. The number of amidine groups is 2. The van der Waals surface area contributed by atoms with Crippen LogP contribution in [0.4, 0.5) is 0 Å². The normalized spacial score (nSPS) is 20.7. The first-order valence-electron chi connectivity index (χ1n) is 9.20. The van der Waals surface area contributed by atoms with E-state index in [1.54, 1.807) is 0 Å². The third kappa shape index (κ3) is 5.46. The molecule has 0 aliphatic carbocycles. The highest BCUT2D eigenvalue weighted by Crippen LogP contribution is 2.15. The summed E-state index contributed by atoms with van der Waals surface area (Å²) >= 11 is 0. The number of hydrogen-bond acceptors (Lipinski definition) is 6. The Bertz CT molecular complexity index is 377. The minimum absolute atomic E-state index is 0.0938. The van der Waals surface area contributed by atoms with Crippen molar-refractivity contribution in [3.8, 4) is 0 Å². The van der Waals surface area contributed by atoms with Crippen molar-refractivity contribution in [3.63, 3.8) is 0 Å². The number of nitrogens with zero attached hydrogens (tertiary/aromatic N) is 4. The average molecular weight is 323 g/mol. The van der Waals surface area contributed by atoms with Crippen LogP contribution in [0.1, 0.15) is 58.8 Å². The van der Waals surface area contributed by atoms with Crippen molar-refractivity contribution in [2.75, 3.05) is 26.2 Å². The minimum Gasteiger partial charge on any atom is -0.343 e. The molecule has 2 aliphatic rings. The lowest BCUT2D eigenvalue weighted by Gasteiger charge is -2.24. The monoisotopic (exact) mass is 322 g/mol. The van der Waals surface area contributed by atoms with Gasteiger partial charge in [-0.15, -0.1) is 0 Å². The first-order valence-corrected chi connectivity index (χ1v) is 9.20. The highest BCUT2D eigenvalue weighted by atomic mass is 15.3. The molecule has 0 spiro atoms. The summed E-state index contributed by atoms with van der Waals surface area (Å²) in [5.74, 6) is 2.43. The smallest absolute Gasteiger partial charge is 0.100 e. The summed E-state index contributed by atoms with van der Waals surface area (Å²) < 4.78 is 0. The van der Waals surface area contributed by atoms with Crippen LogP contribution < -0.4 is 11.5 Å². The van der Waals surface area contributed by atoms with Crippen molar-refractivity contribution in [3.05, 3.63) is 0 Å². The van der Waals surface area contributed by atoms with Gasteiger partial charge in [0.1, 0.15) is 11.7 Å².